The molecule has 0 amide bonds. The Balaban J connectivity index is 2.21. The number of nitrogens with one attached hydrogen (secondary N) is 1. The maximum absolute atomic E-state index is 13.3. The van der Waals surface area contributed by atoms with Crippen LogP contribution in [0.3, 0.4) is 0 Å². The minimum atomic E-state index is -0.235. The van der Waals surface area contributed by atoms with E-state index in [1.54, 1.807) is 6.20 Å². The summed E-state index contributed by atoms with van der Waals surface area (Å²) in [5, 5.41) is 3.53. The highest BCUT2D eigenvalue weighted by atomic mass is 79.9. The van der Waals surface area contributed by atoms with Crippen molar-refractivity contribution in [3.8, 4) is 0 Å². The SMILES string of the molecule is CCCNC(Cc1ccc(F)c(Br)c1)c1cncc(Br)c1. The molecule has 0 aliphatic rings. The minimum absolute atomic E-state index is 0.160. The van der Waals surface area contributed by atoms with Gasteiger partial charge in [0.2, 0.25) is 0 Å². The zero-order valence-electron chi connectivity index (χ0n) is 11.7. The van der Waals surface area contributed by atoms with Gasteiger partial charge in [-0.15, -0.1) is 0 Å². The van der Waals surface area contributed by atoms with E-state index in [-0.39, 0.29) is 11.9 Å². The number of halogens is 3. The first-order valence-electron chi connectivity index (χ1n) is 6.88. The maximum atomic E-state index is 13.3. The van der Waals surface area contributed by atoms with Crippen LogP contribution in [-0.2, 0) is 6.42 Å². The quantitative estimate of drug-likeness (QED) is 0.715. The zero-order chi connectivity index (χ0) is 15.2. The highest BCUT2D eigenvalue weighted by Crippen LogP contribution is 2.23. The number of nitrogens with zero attached hydrogens (tertiary/aromatic N) is 1. The smallest absolute Gasteiger partial charge is 0.137 e. The van der Waals surface area contributed by atoms with Gasteiger partial charge in [-0.1, -0.05) is 13.0 Å². The summed E-state index contributed by atoms with van der Waals surface area (Å²) in [6.45, 7) is 3.07. The number of rotatable bonds is 6. The van der Waals surface area contributed by atoms with E-state index in [0.29, 0.717) is 4.47 Å². The van der Waals surface area contributed by atoms with E-state index >= 15 is 0 Å². The summed E-state index contributed by atoms with van der Waals surface area (Å²) in [7, 11) is 0. The van der Waals surface area contributed by atoms with Gasteiger partial charge in [-0.25, -0.2) is 4.39 Å². The third-order valence-corrected chi connectivity index (χ3v) is 4.23. The fourth-order valence-corrected chi connectivity index (χ4v) is 2.96. The summed E-state index contributed by atoms with van der Waals surface area (Å²) in [5.74, 6) is -0.235. The summed E-state index contributed by atoms with van der Waals surface area (Å²) in [6.07, 6.45) is 5.49. The monoisotopic (exact) mass is 414 g/mol. The number of hydrogen-bond acceptors (Lipinski definition) is 2. The van der Waals surface area contributed by atoms with Crippen molar-refractivity contribution < 1.29 is 4.39 Å². The molecule has 5 heteroatoms. The second-order valence-electron chi connectivity index (χ2n) is 4.90. The molecule has 2 rings (SSSR count). The number of benzene rings is 1. The third-order valence-electron chi connectivity index (χ3n) is 3.19. The van der Waals surface area contributed by atoms with Crippen molar-refractivity contribution in [3.63, 3.8) is 0 Å². The molecule has 1 aromatic heterocycles. The van der Waals surface area contributed by atoms with Crippen LogP contribution in [0.15, 0.2) is 45.6 Å². The van der Waals surface area contributed by atoms with Crippen LogP contribution >= 0.6 is 31.9 Å². The predicted octanol–water partition coefficient (Wildman–Crippen LogP) is 5.03. The average Bonchev–Trinajstić information content (AvgIpc) is 2.47. The van der Waals surface area contributed by atoms with Gasteiger partial charge < -0.3 is 5.32 Å². The summed E-state index contributed by atoms with van der Waals surface area (Å²) in [4.78, 5) is 4.23. The number of pyridine rings is 1. The lowest BCUT2D eigenvalue weighted by Crippen LogP contribution is -2.24. The highest BCUT2D eigenvalue weighted by molar-refractivity contribution is 9.10. The van der Waals surface area contributed by atoms with E-state index < -0.39 is 0 Å². The standard InChI is InChI=1S/C16H17Br2FN2/c1-2-5-21-16(12-8-13(17)10-20-9-12)7-11-3-4-15(19)14(18)6-11/h3-4,6,8-10,16,21H,2,5,7H2,1H3. The second-order valence-corrected chi connectivity index (χ2v) is 6.67. The van der Waals surface area contributed by atoms with E-state index in [1.165, 1.54) is 6.07 Å². The van der Waals surface area contributed by atoms with Crippen molar-refractivity contribution in [2.75, 3.05) is 6.54 Å². The Morgan fingerprint density at radius 3 is 2.71 bits per heavy atom. The van der Waals surface area contributed by atoms with Crippen LogP contribution in [0.4, 0.5) is 4.39 Å². The molecule has 0 bridgehead atoms. The first kappa shape index (κ1) is 16.6. The van der Waals surface area contributed by atoms with Crippen molar-refractivity contribution in [1.29, 1.82) is 0 Å². The Morgan fingerprint density at radius 1 is 1.24 bits per heavy atom. The molecule has 2 aromatic rings. The number of aromatic nitrogens is 1. The van der Waals surface area contributed by atoms with Gasteiger partial charge in [0, 0.05) is 22.9 Å². The van der Waals surface area contributed by atoms with E-state index in [1.807, 2.05) is 18.3 Å². The van der Waals surface area contributed by atoms with Gasteiger partial charge in [-0.2, -0.15) is 0 Å². The van der Waals surface area contributed by atoms with E-state index in [2.05, 4.69) is 55.2 Å². The molecule has 112 valence electrons. The minimum Gasteiger partial charge on any atom is -0.310 e. The molecular weight excluding hydrogens is 399 g/mol. The Bertz CT molecular complexity index is 605. The van der Waals surface area contributed by atoms with Crippen LogP contribution in [-0.4, -0.2) is 11.5 Å². The molecule has 2 nitrogen and oxygen atoms in total. The molecule has 1 heterocycles. The predicted molar refractivity (Wildman–Crippen MR) is 90.8 cm³/mol. The Kier molecular flexibility index (Phi) is 6.33. The van der Waals surface area contributed by atoms with Gasteiger partial charge in [-0.05, 0) is 80.6 Å². The number of hydrogen-bond donors (Lipinski definition) is 1. The summed E-state index contributed by atoms with van der Waals surface area (Å²) < 4.78 is 14.8. The van der Waals surface area contributed by atoms with Crippen LogP contribution in [0, 0.1) is 5.82 Å². The molecule has 0 aliphatic heterocycles. The van der Waals surface area contributed by atoms with Crippen molar-refractivity contribution in [2.24, 2.45) is 0 Å². The fraction of sp³-hybridized carbons (Fsp3) is 0.312. The molecule has 0 saturated carbocycles. The summed E-state index contributed by atoms with van der Waals surface area (Å²) >= 11 is 6.70. The lowest BCUT2D eigenvalue weighted by Gasteiger charge is -2.19. The lowest BCUT2D eigenvalue weighted by atomic mass is 10.00. The molecule has 1 atom stereocenters. The molecule has 0 radical (unpaired) electrons. The molecule has 21 heavy (non-hydrogen) atoms. The van der Waals surface area contributed by atoms with Crippen LogP contribution in [0.1, 0.15) is 30.5 Å². The highest BCUT2D eigenvalue weighted by Gasteiger charge is 2.13. The molecular formula is C16H17Br2FN2. The average molecular weight is 416 g/mol. The Labute approximate surface area is 141 Å². The van der Waals surface area contributed by atoms with Crippen molar-refractivity contribution >= 4 is 31.9 Å². The first-order chi connectivity index (χ1) is 10.1. The molecule has 1 aromatic carbocycles. The Hall–Kier alpha value is -0.780. The van der Waals surface area contributed by atoms with Crippen molar-refractivity contribution in [3.05, 3.63) is 62.5 Å². The molecule has 1 N–H and O–H groups in total. The van der Waals surface area contributed by atoms with Crippen molar-refractivity contribution in [2.45, 2.75) is 25.8 Å². The van der Waals surface area contributed by atoms with Gasteiger partial charge in [0.25, 0.3) is 0 Å². The van der Waals surface area contributed by atoms with Gasteiger partial charge in [-0.3, -0.25) is 4.98 Å². The van der Waals surface area contributed by atoms with E-state index in [9.17, 15) is 4.39 Å². The first-order valence-corrected chi connectivity index (χ1v) is 8.46. The van der Waals surface area contributed by atoms with E-state index in [0.717, 1.165) is 35.0 Å². The van der Waals surface area contributed by atoms with E-state index in [4.69, 9.17) is 0 Å². The normalized spacial score (nSPS) is 12.4. The Morgan fingerprint density at radius 2 is 2.05 bits per heavy atom. The molecule has 0 fully saturated rings. The third kappa shape index (κ3) is 4.87. The largest absolute Gasteiger partial charge is 0.310 e. The molecule has 1 unspecified atom stereocenters. The van der Waals surface area contributed by atoms with Gasteiger partial charge in [0.1, 0.15) is 5.82 Å². The van der Waals surface area contributed by atoms with Crippen molar-refractivity contribution in [1.82, 2.24) is 10.3 Å². The van der Waals surface area contributed by atoms with Gasteiger partial charge in [0.05, 0.1) is 4.47 Å². The fourth-order valence-electron chi connectivity index (χ4n) is 2.15. The van der Waals surface area contributed by atoms with Crippen LogP contribution in [0.5, 0.6) is 0 Å². The summed E-state index contributed by atoms with van der Waals surface area (Å²) in [5.41, 5.74) is 2.20. The molecule has 0 aliphatic carbocycles. The van der Waals surface area contributed by atoms with Gasteiger partial charge >= 0.3 is 0 Å². The topological polar surface area (TPSA) is 24.9 Å². The maximum Gasteiger partial charge on any atom is 0.137 e. The lowest BCUT2D eigenvalue weighted by molar-refractivity contribution is 0.526. The van der Waals surface area contributed by atoms with Crippen LogP contribution < -0.4 is 5.32 Å². The van der Waals surface area contributed by atoms with Crippen LogP contribution in [0.25, 0.3) is 0 Å². The van der Waals surface area contributed by atoms with Gasteiger partial charge in [0.15, 0.2) is 0 Å². The molecule has 0 saturated heterocycles. The second kappa shape index (κ2) is 8.01. The molecule has 0 spiro atoms. The van der Waals surface area contributed by atoms with Crippen LogP contribution in [0.2, 0.25) is 0 Å². The zero-order valence-corrected chi connectivity index (χ0v) is 14.9. The summed E-state index contributed by atoms with van der Waals surface area (Å²) in [6, 6.07) is 7.38.